The zero-order valence-electron chi connectivity index (χ0n) is 13.2. The quantitative estimate of drug-likeness (QED) is 0.639. The maximum Gasteiger partial charge on any atom is 0.191 e. The van der Waals surface area contributed by atoms with Crippen molar-refractivity contribution >= 4 is 34.0 Å². The van der Waals surface area contributed by atoms with Gasteiger partial charge >= 0.3 is 0 Å². The molecule has 8 heteroatoms. The first-order valence-corrected chi connectivity index (χ1v) is 9.02. The number of aliphatic hydroxyl groups excluding tert-OH is 1. The summed E-state index contributed by atoms with van der Waals surface area (Å²) in [5.74, 6) is 0.458. The fraction of sp³-hybridized carbons (Fsp3) is 0.375. The first kappa shape index (κ1) is 17.0. The van der Waals surface area contributed by atoms with Gasteiger partial charge in [-0.1, -0.05) is 29.8 Å². The molecule has 0 bridgehead atoms. The van der Waals surface area contributed by atoms with E-state index in [1.807, 2.05) is 28.6 Å². The van der Waals surface area contributed by atoms with Crippen LogP contribution in [-0.2, 0) is 0 Å². The van der Waals surface area contributed by atoms with Crippen LogP contribution >= 0.6 is 22.9 Å². The van der Waals surface area contributed by atoms with Crippen molar-refractivity contribution in [3.8, 4) is 0 Å². The Morgan fingerprint density at radius 1 is 1.33 bits per heavy atom. The lowest BCUT2D eigenvalue weighted by Crippen LogP contribution is -2.51. The highest BCUT2D eigenvalue weighted by atomic mass is 35.5. The van der Waals surface area contributed by atoms with Crippen LogP contribution < -0.4 is 10.6 Å². The number of anilines is 1. The van der Waals surface area contributed by atoms with Crippen molar-refractivity contribution in [3.63, 3.8) is 0 Å². The highest BCUT2D eigenvalue weighted by molar-refractivity contribution is 7.13. The molecule has 24 heavy (non-hydrogen) atoms. The molecule has 3 rings (SSSR count). The van der Waals surface area contributed by atoms with Crippen LogP contribution in [0, 0.1) is 0 Å². The van der Waals surface area contributed by atoms with E-state index in [4.69, 9.17) is 17.3 Å². The average molecular weight is 366 g/mol. The van der Waals surface area contributed by atoms with E-state index in [1.54, 1.807) is 23.5 Å². The molecule has 1 unspecified atom stereocenters. The summed E-state index contributed by atoms with van der Waals surface area (Å²) in [6.07, 6.45) is 1.06. The zero-order chi connectivity index (χ0) is 16.9. The van der Waals surface area contributed by atoms with E-state index < -0.39 is 6.10 Å². The number of aliphatic imine (C=N–C) groups is 1. The lowest BCUT2D eigenvalue weighted by Gasteiger charge is -2.35. The van der Waals surface area contributed by atoms with Gasteiger partial charge in [-0.2, -0.15) is 0 Å². The van der Waals surface area contributed by atoms with Crippen molar-refractivity contribution in [1.82, 2.24) is 9.88 Å². The van der Waals surface area contributed by atoms with Crippen molar-refractivity contribution in [2.75, 3.05) is 37.6 Å². The van der Waals surface area contributed by atoms with Crippen molar-refractivity contribution < 1.29 is 5.11 Å². The Balaban J connectivity index is 1.54. The van der Waals surface area contributed by atoms with E-state index in [9.17, 15) is 5.11 Å². The van der Waals surface area contributed by atoms with Crippen molar-refractivity contribution in [2.45, 2.75) is 6.10 Å². The molecule has 2 heterocycles. The van der Waals surface area contributed by atoms with Gasteiger partial charge in [-0.05, 0) is 6.07 Å². The van der Waals surface area contributed by atoms with Crippen LogP contribution in [0.1, 0.15) is 11.7 Å². The van der Waals surface area contributed by atoms with E-state index >= 15 is 0 Å². The van der Waals surface area contributed by atoms with Gasteiger partial charge in [-0.25, -0.2) is 4.98 Å². The third kappa shape index (κ3) is 3.98. The molecule has 0 radical (unpaired) electrons. The largest absolute Gasteiger partial charge is 0.386 e. The topological polar surface area (TPSA) is 78.0 Å². The second-order valence-corrected chi connectivity index (χ2v) is 6.81. The van der Waals surface area contributed by atoms with Crippen LogP contribution in [0.15, 0.2) is 40.8 Å². The van der Waals surface area contributed by atoms with E-state index in [0.29, 0.717) is 16.5 Å². The Bertz CT molecular complexity index is 686. The molecule has 1 aromatic heterocycles. The molecule has 0 aliphatic carbocycles. The summed E-state index contributed by atoms with van der Waals surface area (Å²) in [5.41, 5.74) is 6.75. The monoisotopic (exact) mass is 365 g/mol. The molecule has 1 aliphatic heterocycles. The molecular formula is C16H20ClN5OS. The molecule has 1 aliphatic rings. The number of nitrogens with two attached hydrogens (primary N) is 1. The van der Waals surface area contributed by atoms with Crippen LogP contribution in [-0.4, -0.2) is 53.7 Å². The van der Waals surface area contributed by atoms with E-state index in [2.05, 4.69) is 14.9 Å². The average Bonchev–Trinajstić information content (AvgIpc) is 3.14. The first-order valence-electron chi connectivity index (χ1n) is 7.77. The smallest absolute Gasteiger partial charge is 0.191 e. The Labute approximate surface area is 150 Å². The summed E-state index contributed by atoms with van der Waals surface area (Å²) in [4.78, 5) is 12.9. The van der Waals surface area contributed by atoms with Crippen LogP contribution in [0.4, 0.5) is 5.13 Å². The SMILES string of the molecule is NC(=NCC(O)c1ccccc1Cl)N1CCN(c2nccs2)CC1. The summed E-state index contributed by atoms with van der Waals surface area (Å²) in [6, 6.07) is 7.23. The number of hydrogen-bond donors (Lipinski definition) is 2. The number of thiazole rings is 1. The predicted molar refractivity (Wildman–Crippen MR) is 98.8 cm³/mol. The van der Waals surface area contributed by atoms with Crippen molar-refractivity contribution in [3.05, 3.63) is 46.4 Å². The molecule has 1 saturated heterocycles. The molecule has 0 spiro atoms. The van der Waals surface area contributed by atoms with E-state index in [-0.39, 0.29) is 6.54 Å². The summed E-state index contributed by atoms with van der Waals surface area (Å²) in [7, 11) is 0. The summed E-state index contributed by atoms with van der Waals surface area (Å²) >= 11 is 7.73. The number of aromatic nitrogens is 1. The first-order chi connectivity index (χ1) is 11.6. The summed E-state index contributed by atoms with van der Waals surface area (Å²) in [5, 5.41) is 13.8. The van der Waals surface area contributed by atoms with Crippen molar-refractivity contribution in [1.29, 1.82) is 0 Å². The lowest BCUT2D eigenvalue weighted by molar-refractivity contribution is 0.186. The van der Waals surface area contributed by atoms with E-state index in [0.717, 1.165) is 31.3 Å². The molecule has 3 N–H and O–H groups in total. The molecule has 2 aromatic rings. The second kappa shape index (κ2) is 7.83. The minimum atomic E-state index is -0.756. The number of nitrogens with zero attached hydrogens (tertiary/aromatic N) is 4. The molecule has 1 atom stereocenters. The number of piperazine rings is 1. The minimum Gasteiger partial charge on any atom is -0.386 e. The Hall–Kier alpha value is -1.83. The van der Waals surface area contributed by atoms with Gasteiger partial charge in [0.25, 0.3) is 0 Å². The zero-order valence-corrected chi connectivity index (χ0v) is 14.7. The third-order valence-corrected chi connectivity index (χ3v) is 5.16. The van der Waals surface area contributed by atoms with Gasteiger partial charge in [0.2, 0.25) is 0 Å². The number of benzene rings is 1. The highest BCUT2D eigenvalue weighted by Gasteiger charge is 2.20. The standard InChI is InChI=1S/C16H20ClN5OS/c17-13-4-2-1-3-12(13)14(23)11-20-15(18)21-6-8-22(9-7-21)16-19-5-10-24-16/h1-5,10,14,23H,6-9,11H2,(H2,18,20). The Morgan fingerprint density at radius 2 is 2.08 bits per heavy atom. The fourth-order valence-corrected chi connectivity index (χ4v) is 3.58. The van der Waals surface area contributed by atoms with Gasteiger partial charge < -0.3 is 20.6 Å². The number of rotatable bonds is 4. The van der Waals surface area contributed by atoms with Crippen molar-refractivity contribution in [2.24, 2.45) is 10.7 Å². The van der Waals surface area contributed by atoms with Crippen LogP contribution in [0.5, 0.6) is 0 Å². The molecule has 6 nitrogen and oxygen atoms in total. The molecule has 0 saturated carbocycles. The van der Waals surface area contributed by atoms with Crippen LogP contribution in [0.3, 0.4) is 0 Å². The fourth-order valence-electron chi connectivity index (χ4n) is 2.62. The lowest BCUT2D eigenvalue weighted by atomic mass is 10.1. The van der Waals surface area contributed by atoms with E-state index in [1.165, 1.54) is 0 Å². The maximum absolute atomic E-state index is 10.2. The highest BCUT2D eigenvalue weighted by Crippen LogP contribution is 2.23. The van der Waals surface area contributed by atoms with Gasteiger partial charge in [0, 0.05) is 48.3 Å². The number of halogens is 1. The molecule has 0 amide bonds. The van der Waals surface area contributed by atoms with Crippen LogP contribution in [0.25, 0.3) is 0 Å². The van der Waals surface area contributed by atoms with Crippen LogP contribution in [0.2, 0.25) is 5.02 Å². The second-order valence-electron chi connectivity index (χ2n) is 5.52. The molecular weight excluding hydrogens is 346 g/mol. The summed E-state index contributed by atoms with van der Waals surface area (Å²) < 4.78 is 0. The summed E-state index contributed by atoms with van der Waals surface area (Å²) in [6.45, 7) is 3.49. The molecule has 1 fully saturated rings. The maximum atomic E-state index is 10.2. The minimum absolute atomic E-state index is 0.197. The molecule has 128 valence electrons. The van der Waals surface area contributed by atoms with Gasteiger partial charge in [-0.3, -0.25) is 4.99 Å². The number of aliphatic hydroxyl groups is 1. The van der Waals surface area contributed by atoms with Gasteiger partial charge in [-0.15, -0.1) is 11.3 Å². The number of guanidine groups is 1. The Morgan fingerprint density at radius 3 is 2.75 bits per heavy atom. The third-order valence-electron chi connectivity index (χ3n) is 3.98. The van der Waals surface area contributed by atoms with Gasteiger partial charge in [0.05, 0.1) is 6.54 Å². The Kier molecular flexibility index (Phi) is 5.55. The number of hydrogen-bond acceptors (Lipinski definition) is 5. The molecule has 1 aromatic carbocycles. The predicted octanol–water partition coefficient (Wildman–Crippen LogP) is 1.97. The normalized spacial score (nSPS) is 17.2. The van der Waals surface area contributed by atoms with Gasteiger partial charge in [0.1, 0.15) is 6.10 Å². The van der Waals surface area contributed by atoms with Gasteiger partial charge in [0.15, 0.2) is 11.1 Å².